The van der Waals surface area contributed by atoms with Gasteiger partial charge in [0, 0.05) is 5.39 Å². The van der Waals surface area contributed by atoms with Crippen LogP contribution in [-0.4, -0.2) is 24.3 Å². The number of Topliss-reactive ketones (excluding diaryl/α,β-unsaturated/α-hetero) is 1. The van der Waals surface area contributed by atoms with E-state index in [9.17, 15) is 4.79 Å². The monoisotopic (exact) mass is 283 g/mol. The second kappa shape index (κ2) is 5.58. The van der Waals surface area contributed by atoms with Crippen molar-refractivity contribution in [3.05, 3.63) is 59.7 Å². The van der Waals surface area contributed by atoms with Gasteiger partial charge < -0.3 is 8.83 Å². The Kier molecular flexibility index (Phi) is 3.62. The molecule has 1 aromatic carbocycles. The van der Waals surface area contributed by atoms with Crippen LogP contribution in [0.3, 0.4) is 0 Å². The number of rotatable bonds is 5. The summed E-state index contributed by atoms with van der Waals surface area (Å²) in [7, 11) is 1.90. The van der Waals surface area contributed by atoms with E-state index in [-0.39, 0.29) is 5.78 Å². The lowest BCUT2D eigenvalue weighted by molar-refractivity contribution is 0.0940. The Morgan fingerprint density at radius 3 is 2.76 bits per heavy atom. The topological polar surface area (TPSA) is 46.6 Å². The first-order valence-electron chi connectivity index (χ1n) is 6.87. The van der Waals surface area contributed by atoms with Crippen LogP contribution in [0.25, 0.3) is 11.0 Å². The molecule has 0 aliphatic heterocycles. The molecule has 21 heavy (non-hydrogen) atoms. The van der Waals surface area contributed by atoms with E-state index in [1.807, 2.05) is 55.3 Å². The van der Waals surface area contributed by atoms with Crippen molar-refractivity contribution in [1.82, 2.24) is 4.90 Å². The van der Waals surface area contributed by atoms with Crippen LogP contribution in [0.5, 0.6) is 0 Å². The maximum absolute atomic E-state index is 12.4. The third kappa shape index (κ3) is 2.90. The average molecular weight is 283 g/mol. The summed E-state index contributed by atoms with van der Waals surface area (Å²) >= 11 is 0. The highest BCUT2D eigenvalue weighted by Crippen LogP contribution is 2.21. The first kappa shape index (κ1) is 13.6. The molecule has 0 aliphatic rings. The Morgan fingerprint density at radius 1 is 1.19 bits per heavy atom. The smallest absolute Gasteiger partial charge is 0.180 e. The quantitative estimate of drug-likeness (QED) is 0.671. The number of ketones is 1. The van der Waals surface area contributed by atoms with Crippen molar-refractivity contribution in [2.75, 3.05) is 13.6 Å². The largest absolute Gasteiger partial charge is 0.465 e. The number of aryl methyl sites for hydroxylation is 1. The summed E-state index contributed by atoms with van der Waals surface area (Å²) in [5.41, 5.74) is 1.37. The van der Waals surface area contributed by atoms with E-state index in [2.05, 4.69) is 0 Å². The zero-order valence-electron chi connectivity index (χ0n) is 12.1. The van der Waals surface area contributed by atoms with E-state index in [1.165, 1.54) is 6.26 Å². The molecule has 0 unspecified atom stereocenters. The Balaban J connectivity index is 1.71. The molecule has 0 saturated heterocycles. The van der Waals surface area contributed by atoms with Crippen LogP contribution in [0.15, 0.2) is 51.5 Å². The van der Waals surface area contributed by atoms with Crippen LogP contribution in [0.4, 0.5) is 0 Å². The lowest BCUT2D eigenvalue weighted by Gasteiger charge is -2.13. The number of benzene rings is 1. The Morgan fingerprint density at radius 2 is 2.00 bits per heavy atom. The summed E-state index contributed by atoms with van der Waals surface area (Å²) in [6.45, 7) is 2.84. The third-order valence-electron chi connectivity index (χ3n) is 3.42. The maximum atomic E-state index is 12.4. The van der Waals surface area contributed by atoms with Crippen molar-refractivity contribution >= 4 is 16.8 Å². The SMILES string of the molecule is Cc1ccc(CN(C)CC(=O)c2coc3ccccc23)o1. The highest BCUT2D eigenvalue weighted by Gasteiger charge is 2.16. The summed E-state index contributed by atoms with van der Waals surface area (Å²) < 4.78 is 10.9. The standard InChI is InChI=1S/C17H17NO3/c1-12-7-8-13(21-12)9-18(2)10-16(19)15-11-20-17-6-4-3-5-14(15)17/h3-8,11H,9-10H2,1-2H3. The lowest BCUT2D eigenvalue weighted by Crippen LogP contribution is -2.25. The molecule has 3 aromatic rings. The highest BCUT2D eigenvalue weighted by molar-refractivity contribution is 6.08. The molecule has 2 heterocycles. The van der Waals surface area contributed by atoms with E-state index >= 15 is 0 Å². The van der Waals surface area contributed by atoms with Gasteiger partial charge >= 0.3 is 0 Å². The second-order valence-electron chi connectivity index (χ2n) is 5.25. The van der Waals surface area contributed by atoms with Crippen molar-refractivity contribution in [3.63, 3.8) is 0 Å². The molecule has 0 saturated carbocycles. The fourth-order valence-electron chi connectivity index (χ4n) is 2.42. The molecule has 4 heteroatoms. The van der Waals surface area contributed by atoms with Gasteiger partial charge in [-0.15, -0.1) is 0 Å². The van der Waals surface area contributed by atoms with Crippen molar-refractivity contribution in [1.29, 1.82) is 0 Å². The number of carbonyl (C=O) groups excluding carboxylic acids is 1. The molecule has 0 radical (unpaired) electrons. The van der Waals surface area contributed by atoms with Gasteiger partial charge in [-0.3, -0.25) is 9.69 Å². The predicted molar refractivity (Wildman–Crippen MR) is 80.3 cm³/mol. The zero-order valence-corrected chi connectivity index (χ0v) is 12.1. The second-order valence-corrected chi connectivity index (χ2v) is 5.25. The highest BCUT2D eigenvalue weighted by atomic mass is 16.3. The minimum absolute atomic E-state index is 0.0470. The van der Waals surface area contributed by atoms with Crippen molar-refractivity contribution < 1.29 is 13.6 Å². The normalized spacial score (nSPS) is 11.4. The minimum atomic E-state index is 0.0470. The number of para-hydroxylation sites is 1. The molecule has 0 atom stereocenters. The van der Waals surface area contributed by atoms with Crippen LogP contribution < -0.4 is 0 Å². The fourth-order valence-corrected chi connectivity index (χ4v) is 2.42. The summed E-state index contributed by atoms with van der Waals surface area (Å²) in [5.74, 6) is 1.79. The number of nitrogens with zero attached hydrogens (tertiary/aromatic N) is 1. The maximum Gasteiger partial charge on any atom is 0.180 e. The molecule has 0 aliphatic carbocycles. The number of hydrogen-bond donors (Lipinski definition) is 0. The summed E-state index contributed by atoms with van der Waals surface area (Å²) in [5, 5.41) is 0.866. The van der Waals surface area contributed by atoms with E-state index in [1.54, 1.807) is 0 Å². The van der Waals surface area contributed by atoms with Gasteiger partial charge in [-0.1, -0.05) is 18.2 Å². The Hall–Kier alpha value is -2.33. The first-order valence-corrected chi connectivity index (χ1v) is 6.87. The number of likely N-dealkylation sites (N-methyl/N-ethyl adjacent to an activating group) is 1. The Bertz CT molecular complexity index is 769. The fraction of sp³-hybridized carbons (Fsp3) is 0.235. The molecule has 108 valence electrons. The molecule has 0 spiro atoms. The molecule has 0 N–H and O–H groups in total. The average Bonchev–Trinajstić information content (AvgIpc) is 3.04. The van der Waals surface area contributed by atoms with E-state index in [0.717, 1.165) is 22.5 Å². The molecule has 0 bridgehead atoms. The lowest BCUT2D eigenvalue weighted by atomic mass is 10.1. The summed E-state index contributed by atoms with van der Waals surface area (Å²) in [6, 6.07) is 11.4. The van der Waals surface area contributed by atoms with Crippen molar-refractivity contribution in [3.8, 4) is 0 Å². The zero-order chi connectivity index (χ0) is 14.8. The third-order valence-corrected chi connectivity index (χ3v) is 3.42. The molecule has 0 amide bonds. The van der Waals surface area contributed by atoms with Gasteiger partial charge in [0.05, 0.1) is 18.7 Å². The first-order chi connectivity index (χ1) is 10.1. The van der Waals surface area contributed by atoms with E-state index in [4.69, 9.17) is 8.83 Å². The number of fused-ring (bicyclic) bond motifs is 1. The predicted octanol–water partition coefficient (Wildman–Crippen LogP) is 3.65. The van der Waals surface area contributed by atoms with Crippen LogP contribution >= 0.6 is 0 Å². The number of hydrogen-bond acceptors (Lipinski definition) is 4. The van der Waals surface area contributed by atoms with Crippen LogP contribution in [0.2, 0.25) is 0 Å². The summed E-state index contributed by atoms with van der Waals surface area (Å²) in [6.07, 6.45) is 1.54. The molecular formula is C17H17NO3. The van der Waals surface area contributed by atoms with E-state index < -0.39 is 0 Å². The van der Waals surface area contributed by atoms with Gasteiger partial charge in [-0.2, -0.15) is 0 Å². The van der Waals surface area contributed by atoms with Gasteiger partial charge in [0.1, 0.15) is 23.4 Å². The number of furan rings is 2. The minimum Gasteiger partial charge on any atom is -0.465 e. The van der Waals surface area contributed by atoms with Crippen molar-refractivity contribution in [2.45, 2.75) is 13.5 Å². The van der Waals surface area contributed by atoms with Gasteiger partial charge in [0.2, 0.25) is 0 Å². The van der Waals surface area contributed by atoms with Crippen LogP contribution in [-0.2, 0) is 6.54 Å². The summed E-state index contributed by atoms with van der Waals surface area (Å²) in [4.78, 5) is 14.3. The van der Waals surface area contributed by atoms with Crippen molar-refractivity contribution in [2.24, 2.45) is 0 Å². The van der Waals surface area contributed by atoms with Gasteiger partial charge in [0.25, 0.3) is 0 Å². The molecule has 3 rings (SSSR count). The van der Waals surface area contributed by atoms with Gasteiger partial charge in [-0.25, -0.2) is 0 Å². The Labute approximate surface area is 123 Å². The molecule has 2 aromatic heterocycles. The molecular weight excluding hydrogens is 266 g/mol. The number of carbonyl (C=O) groups is 1. The van der Waals surface area contributed by atoms with Crippen LogP contribution in [0, 0.1) is 6.92 Å². The van der Waals surface area contributed by atoms with Gasteiger partial charge in [0.15, 0.2) is 5.78 Å². The van der Waals surface area contributed by atoms with Crippen LogP contribution in [0.1, 0.15) is 21.9 Å². The van der Waals surface area contributed by atoms with Gasteiger partial charge in [-0.05, 0) is 32.2 Å². The van der Waals surface area contributed by atoms with E-state index in [0.29, 0.717) is 18.7 Å². The molecule has 4 nitrogen and oxygen atoms in total. The molecule has 0 fully saturated rings.